The molecule has 0 amide bonds. The van der Waals surface area contributed by atoms with Crippen LogP contribution in [-0.4, -0.2) is 96.7 Å². The van der Waals surface area contributed by atoms with Crippen LogP contribution >= 0.6 is 15.6 Å². The van der Waals surface area contributed by atoms with Gasteiger partial charge in [-0.15, -0.1) is 0 Å². The second-order valence-electron chi connectivity index (χ2n) is 29.8. The van der Waals surface area contributed by atoms with Crippen molar-refractivity contribution < 1.29 is 80.2 Å². The van der Waals surface area contributed by atoms with Crippen LogP contribution in [0.1, 0.15) is 420 Å². The van der Waals surface area contributed by atoms with Gasteiger partial charge in [0.05, 0.1) is 26.4 Å². The van der Waals surface area contributed by atoms with Gasteiger partial charge in [0.25, 0.3) is 0 Å². The fourth-order valence-electron chi connectivity index (χ4n) is 12.4. The van der Waals surface area contributed by atoms with Crippen molar-refractivity contribution in [1.29, 1.82) is 0 Å². The molecule has 0 bridgehead atoms. The summed E-state index contributed by atoms with van der Waals surface area (Å²) in [6, 6.07) is 0. The van der Waals surface area contributed by atoms with E-state index in [0.29, 0.717) is 31.6 Å². The Morgan fingerprint density at radius 2 is 0.465 bits per heavy atom. The number of ether oxygens (including phenoxy) is 4. The Morgan fingerprint density at radius 3 is 0.687 bits per heavy atom. The number of aliphatic hydroxyl groups excluding tert-OH is 1. The number of rotatable bonds is 79. The zero-order chi connectivity index (χ0) is 72.8. The van der Waals surface area contributed by atoms with Crippen molar-refractivity contribution >= 4 is 39.5 Å². The van der Waals surface area contributed by atoms with E-state index in [1.165, 1.54) is 231 Å². The predicted molar refractivity (Wildman–Crippen MR) is 405 cm³/mol. The maximum Gasteiger partial charge on any atom is 0.472 e. The Morgan fingerprint density at radius 1 is 0.273 bits per heavy atom. The van der Waals surface area contributed by atoms with Crippen molar-refractivity contribution in [2.45, 2.75) is 439 Å². The molecule has 17 nitrogen and oxygen atoms in total. The van der Waals surface area contributed by atoms with Crippen LogP contribution in [-0.2, 0) is 65.4 Å². The average Bonchev–Trinajstić information content (AvgIpc) is 0.972. The summed E-state index contributed by atoms with van der Waals surface area (Å²) < 4.78 is 68.6. The summed E-state index contributed by atoms with van der Waals surface area (Å²) in [5, 5.41) is 10.6. The second kappa shape index (κ2) is 71.7. The lowest BCUT2D eigenvalue weighted by Gasteiger charge is -2.21. The first-order chi connectivity index (χ1) is 47.9. The van der Waals surface area contributed by atoms with E-state index in [-0.39, 0.29) is 25.7 Å². The zero-order valence-electron chi connectivity index (χ0n) is 64.8. The molecule has 588 valence electrons. The van der Waals surface area contributed by atoms with Crippen molar-refractivity contribution in [3.63, 3.8) is 0 Å². The van der Waals surface area contributed by atoms with Crippen molar-refractivity contribution in [3.05, 3.63) is 0 Å². The molecular weight excluding hydrogens is 1290 g/mol. The highest BCUT2D eigenvalue weighted by molar-refractivity contribution is 7.47. The molecule has 0 saturated carbocycles. The highest BCUT2D eigenvalue weighted by Gasteiger charge is 2.30. The zero-order valence-corrected chi connectivity index (χ0v) is 66.6. The Kier molecular flexibility index (Phi) is 70.3. The fraction of sp³-hybridized carbons (Fsp3) is 0.950. The SMILES string of the molecule is CCCCCCCCCCCCCCCCCCCCCCCCC(=O)O[C@H](COC(=O)CCCCCCCCCCCCCCC(C)C)COP(=O)(O)OC[C@@H](O)COP(=O)(O)OC[C@@H](COC(=O)CCCCCCCCCC(C)C)OC(=O)CCCCCCCCCCCCCC. The highest BCUT2D eigenvalue weighted by atomic mass is 31.2. The number of esters is 4. The lowest BCUT2D eigenvalue weighted by atomic mass is 10.0. The topological polar surface area (TPSA) is 237 Å². The molecule has 5 atom stereocenters. The van der Waals surface area contributed by atoms with Crippen molar-refractivity contribution in [2.75, 3.05) is 39.6 Å². The van der Waals surface area contributed by atoms with Gasteiger partial charge in [0.15, 0.2) is 12.2 Å². The molecule has 99 heavy (non-hydrogen) atoms. The summed E-state index contributed by atoms with van der Waals surface area (Å²) >= 11 is 0. The molecule has 0 saturated heterocycles. The minimum absolute atomic E-state index is 0.107. The maximum atomic E-state index is 13.1. The van der Waals surface area contributed by atoms with E-state index in [9.17, 15) is 43.2 Å². The van der Waals surface area contributed by atoms with E-state index in [0.717, 1.165) is 102 Å². The number of phosphoric acid groups is 2. The van der Waals surface area contributed by atoms with Crippen LogP contribution in [0.25, 0.3) is 0 Å². The Labute approximate surface area is 607 Å². The highest BCUT2D eigenvalue weighted by Crippen LogP contribution is 2.45. The molecule has 0 fully saturated rings. The normalized spacial score (nSPS) is 13.9. The number of unbranched alkanes of at least 4 members (excludes halogenated alkanes) is 49. The van der Waals surface area contributed by atoms with Crippen LogP contribution in [0.5, 0.6) is 0 Å². The molecule has 2 unspecified atom stereocenters. The Balaban J connectivity index is 5.20. The lowest BCUT2D eigenvalue weighted by molar-refractivity contribution is -0.161. The van der Waals surface area contributed by atoms with Gasteiger partial charge in [0.1, 0.15) is 19.3 Å². The molecule has 0 aromatic heterocycles. The summed E-state index contributed by atoms with van der Waals surface area (Å²) in [5.74, 6) is -0.625. The summed E-state index contributed by atoms with van der Waals surface area (Å²) in [6.07, 6.45) is 61.2. The standard InChI is InChI=1S/C80H156O17P2/c1-7-9-11-13-15-17-19-21-22-23-24-25-26-27-28-29-30-36-40-46-53-59-65-80(85)96-75(68-90-77(82)62-56-50-44-38-35-32-31-33-37-42-48-54-60-72(3)4)70-94-98(86,87)92-66-74(81)67-93-99(88,89)95-71-76(69-91-78(83)63-57-51-47-41-43-49-55-61-73(5)6)97-79(84)64-58-52-45-39-34-20-18-16-14-12-10-8-2/h72-76,81H,7-71H2,1-6H3,(H,86,87)(H,88,89)/t74-,75-,76-/m1/s1. The first-order valence-electron chi connectivity index (χ1n) is 41.5. The van der Waals surface area contributed by atoms with E-state index in [4.69, 9.17) is 37.0 Å². The Bertz CT molecular complexity index is 1910. The largest absolute Gasteiger partial charge is 0.472 e. The molecule has 0 heterocycles. The molecule has 0 rings (SSSR count). The van der Waals surface area contributed by atoms with Gasteiger partial charge in [0, 0.05) is 25.7 Å². The van der Waals surface area contributed by atoms with Crippen LogP contribution in [0.2, 0.25) is 0 Å². The van der Waals surface area contributed by atoms with Gasteiger partial charge in [-0.1, -0.05) is 369 Å². The summed E-state index contributed by atoms with van der Waals surface area (Å²) in [6.45, 7) is 9.57. The Hall–Kier alpha value is -1.94. The van der Waals surface area contributed by atoms with Gasteiger partial charge in [-0.05, 0) is 37.5 Å². The predicted octanol–water partition coefficient (Wildman–Crippen LogP) is 23.9. The van der Waals surface area contributed by atoms with E-state index in [1.54, 1.807) is 0 Å². The van der Waals surface area contributed by atoms with E-state index in [1.807, 2.05) is 0 Å². The third-order valence-corrected chi connectivity index (χ3v) is 20.6. The maximum absolute atomic E-state index is 13.1. The quantitative estimate of drug-likeness (QED) is 0.0222. The molecule has 0 aromatic carbocycles. The van der Waals surface area contributed by atoms with Crippen molar-refractivity contribution in [2.24, 2.45) is 11.8 Å². The number of carbonyl (C=O) groups excluding carboxylic acids is 4. The van der Waals surface area contributed by atoms with Crippen LogP contribution in [0.3, 0.4) is 0 Å². The average molecular weight is 1450 g/mol. The van der Waals surface area contributed by atoms with Crippen LogP contribution < -0.4 is 0 Å². The monoisotopic (exact) mass is 1450 g/mol. The lowest BCUT2D eigenvalue weighted by Crippen LogP contribution is -2.30. The van der Waals surface area contributed by atoms with Gasteiger partial charge >= 0.3 is 39.5 Å². The summed E-state index contributed by atoms with van der Waals surface area (Å²) in [5.41, 5.74) is 0. The minimum Gasteiger partial charge on any atom is -0.462 e. The summed E-state index contributed by atoms with van der Waals surface area (Å²) in [4.78, 5) is 72.9. The van der Waals surface area contributed by atoms with Crippen molar-refractivity contribution in [1.82, 2.24) is 0 Å². The number of aliphatic hydroxyl groups is 1. The molecule has 0 spiro atoms. The van der Waals surface area contributed by atoms with E-state index < -0.39 is 97.5 Å². The molecular formula is C80H156O17P2. The van der Waals surface area contributed by atoms with Gasteiger partial charge in [-0.25, -0.2) is 9.13 Å². The molecule has 0 radical (unpaired) electrons. The van der Waals surface area contributed by atoms with Gasteiger partial charge in [0.2, 0.25) is 0 Å². The first-order valence-corrected chi connectivity index (χ1v) is 44.5. The van der Waals surface area contributed by atoms with Crippen LogP contribution in [0.15, 0.2) is 0 Å². The van der Waals surface area contributed by atoms with E-state index >= 15 is 0 Å². The van der Waals surface area contributed by atoms with E-state index in [2.05, 4.69) is 41.5 Å². The molecule has 0 aliphatic carbocycles. The van der Waals surface area contributed by atoms with Crippen LogP contribution in [0, 0.1) is 11.8 Å². The molecule has 19 heteroatoms. The number of carbonyl (C=O) groups is 4. The molecule has 3 N–H and O–H groups in total. The van der Waals surface area contributed by atoms with Gasteiger partial charge in [-0.2, -0.15) is 0 Å². The number of hydrogen-bond donors (Lipinski definition) is 3. The van der Waals surface area contributed by atoms with Crippen molar-refractivity contribution in [3.8, 4) is 0 Å². The molecule has 0 aliphatic rings. The smallest absolute Gasteiger partial charge is 0.462 e. The second-order valence-corrected chi connectivity index (χ2v) is 32.7. The van der Waals surface area contributed by atoms with Gasteiger partial charge in [-0.3, -0.25) is 37.3 Å². The number of hydrogen-bond acceptors (Lipinski definition) is 15. The van der Waals surface area contributed by atoms with Gasteiger partial charge < -0.3 is 33.8 Å². The molecule has 0 aliphatic heterocycles. The third-order valence-electron chi connectivity index (χ3n) is 18.7. The third kappa shape index (κ3) is 74.1. The summed E-state index contributed by atoms with van der Waals surface area (Å²) in [7, 11) is -9.92. The number of phosphoric ester groups is 2. The fourth-order valence-corrected chi connectivity index (χ4v) is 13.9. The van der Waals surface area contributed by atoms with Crippen LogP contribution in [0.4, 0.5) is 0 Å². The minimum atomic E-state index is -4.96. The molecule has 0 aromatic rings. The first kappa shape index (κ1) is 97.1.